The molecule has 28 heavy (non-hydrogen) atoms. The Kier molecular flexibility index (Phi) is 4.46. The van der Waals surface area contributed by atoms with Gasteiger partial charge in [0, 0.05) is 9.64 Å². The summed E-state index contributed by atoms with van der Waals surface area (Å²) in [5.41, 5.74) is -0.370. The maximum absolute atomic E-state index is 14.7. The molecule has 0 N–H and O–H groups in total. The molecule has 0 spiro atoms. The molecule has 0 aromatic heterocycles. The number of carbonyl (C=O) groups excluding carboxylic acids is 1. The molecule has 1 amide bonds. The van der Waals surface area contributed by atoms with E-state index in [9.17, 15) is 23.7 Å². The zero-order valence-corrected chi connectivity index (χ0v) is 16.0. The molecule has 140 valence electrons. The molecular weight excluding hydrogens is 485 g/mol. The van der Waals surface area contributed by atoms with Crippen LogP contribution in [-0.2, 0) is 0 Å². The molecule has 0 fully saturated rings. The number of fused-ring (bicyclic) bond motifs is 2. The Balaban J connectivity index is 2.00. The van der Waals surface area contributed by atoms with Crippen molar-refractivity contribution in [2.24, 2.45) is 0 Å². The average molecular weight is 494 g/mol. The summed E-state index contributed by atoms with van der Waals surface area (Å²) >= 11 is 1.93. The third-order valence-corrected chi connectivity index (χ3v) is 4.81. The summed E-state index contributed by atoms with van der Waals surface area (Å²) in [7, 11) is 0. The van der Waals surface area contributed by atoms with Gasteiger partial charge in [0.05, 0.1) is 27.9 Å². The maximum Gasteiger partial charge on any atom is 0.273 e. The fourth-order valence-electron chi connectivity index (χ4n) is 2.89. The lowest BCUT2D eigenvalue weighted by Gasteiger charge is -2.22. The van der Waals surface area contributed by atoms with E-state index in [2.05, 4.69) is 0 Å². The molecule has 0 saturated carbocycles. The fourth-order valence-corrected chi connectivity index (χ4v) is 3.34. The zero-order valence-electron chi connectivity index (χ0n) is 13.9. The highest BCUT2D eigenvalue weighted by Crippen LogP contribution is 2.44. The van der Waals surface area contributed by atoms with Crippen molar-refractivity contribution in [1.29, 1.82) is 0 Å². The topological polar surface area (TPSA) is 72.7 Å². The number of nitro groups is 1. The average Bonchev–Trinajstić information content (AvgIpc) is 2.76. The van der Waals surface area contributed by atoms with Gasteiger partial charge in [-0.3, -0.25) is 19.8 Å². The molecule has 6 nitrogen and oxygen atoms in total. The van der Waals surface area contributed by atoms with E-state index in [1.807, 2.05) is 22.6 Å². The number of non-ortho nitro benzene ring substituents is 1. The smallest absolute Gasteiger partial charge is 0.273 e. The minimum atomic E-state index is -0.720. The molecule has 0 saturated heterocycles. The highest BCUT2D eigenvalue weighted by atomic mass is 127. The van der Waals surface area contributed by atoms with E-state index in [0.717, 1.165) is 23.1 Å². The largest absolute Gasteiger partial charge is 0.454 e. The summed E-state index contributed by atoms with van der Waals surface area (Å²) in [6.45, 7) is 0. The van der Waals surface area contributed by atoms with Crippen molar-refractivity contribution in [3.05, 3.63) is 85.5 Å². The van der Waals surface area contributed by atoms with Gasteiger partial charge in [0.2, 0.25) is 0 Å². The van der Waals surface area contributed by atoms with E-state index in [1.54, 1.807) is 6.07 Å². The quantitative estimate of drug-likeness (QED) is 0.266. The number of hydrogen-bond donors (Lipinski definition) is 0. The van der Waals surface area contributed by atoms with Gasteiger partial charge < -0.3 is 4.74 Å². The minimum absolute atomic E-state index is 0.0153. The Bertz CT molecular complexity index is 1150. The summed E-state index contributed by atoms with van der Waals surface area (Å²) in [6, 6.07) is 11.2. The van der Waals surface area contributed by atoms with Crippen molar-refractivity contribution in [1.82, 2.24) is 0 Å². The molecule has 0 unspecified atom stereocenters. The molecule has 1 heterocycles. The molecule has 1 aliphatic heterocycles. The molecule has 9 heteroatoms. The first-order valence-corrected chi connectivity index (χ1v) is 8.98. The number of nitro benzene ring substituents is 1. The van der Waals surface area contributed by atoms with Crippen molar-refractivity contribution >= 4 is 45.6 Å². The predicted octanol–water partition coefficient (Wildman–Crippen LogP) is 5.56. The van der Waals surface area contributed by atoms with Crippen LogP contribution in [0.25, 0.3) is 0 Å². The van der Waals surface area contributed by atoms with E-state index in [1.165, 1.54) is 30.3 Å². The molecule has 0 atom stereocenters. The van der Waals surface area contributed by atoms with Gasteiger partial charge >= 0.3 is 0 Å². The lowest BCUT2D eigenvalue weighted by atomic mass is 10.1. The van der Waals surface area contributed by atoms with Gasteiger partial charge in [0.15, 0.2) is 5.75 Å². The number of carbonyl (C=O) groups is 1. The second-order valence-electron chi connectivity index (χ2n) is 5.89. The van der Waals surface area contributed by atoms with Crippen molar-refractivity contribution < 1.29 is 23.2 Å². The van der Waals surface area contributed by atoms with Crippen LogP contribution in [0.4, 0.5) is 25.8 Å². The SMILES string of the molecule is O=C1c2cc(F)ccc2Oc2cc([N+](=O)[O-])ccc2N1c1ccc(I)cc1F. The minimum Gasteiger partial charge on any atom is -0.454 e. The Hall–Kier alpha value is -3.08. The van der Waals surface area contributed by atoms with Crippen LogP contribution in [0.2, 0.25) is 0 Å². The van der Waals surface area contributed by atoms with E-state index in [-0.39, 0.29) is 34.1 Å². The lowest BCUT2D eigenvalue weighted by molar-refractivity contribution is -0.384. The van der Waals surface area contributed by atoms with E-state index in [4.69, 9.17) is 4.74 Å². The van der Waals surface area contributed by atoms with Crippen LogP contribution >= 0.6 is 22.6 Å². The van der Waals surface area contributed by atoms with Crippen LogP contribution in [-0.4, -0.2) is 10.8 Å². The molecule has 0 radical (unpaired) electrons. The second-order valence-corrected chi connectivity index (χ2v) is 7.13. The highest BCUT2D eigenvalue weighted by Gasteiger charge is 2.32. The number of benzene rings is 3. The lowest BCUT2D eigenvalue weighted by Crippen LogP contribution is -2.26. The molecule has 0 aliphatic carbocycles. The van der Waals surface area contributed by atoms with Crippen LogP contribution in [0.5, 0.6) is 11.5 Å². The van der Waals surface area contributed by atoms with Crippen molar-refractivity contribution in [2.75, 3.05) is 4.90 Å². The van der Waals surface area contributed by atoms with E-state index in [0.29, 0.717) is 3.57 Å². The third kappa shape index (κ3) is 3.07. The summed E-state index contributed by atoms with van der Waals surface area (Å²) in [5, 5.41) is 11.1. The highest BCUT2D eigenvalue weighted by molar-refractivity contribution is 14.1. The Morgan fingerprint density at radius 2 is 1.71 bits per heavy atom. The summed E-state index contributed by atoms with van der Waals surface area (Å²) in [4.78, 5) is 24.7. The predicted molar refractivity (Wildman–Crippen MR) is 105 cm³/mol. The van der Waals surface area contributed by atoms with Crippen molar-refractivity contribution in [2.45, 2.75) is 0 Å². The Morgan fingerprint density at radius 1 is 0.964 bits per heavy atom. The Labute approximate surface area is 170 Å². The summed E-state index contributed by atoms with van der Waals surface area (Å²) in [6.07, 6.45) is 0. The van der Waals surface area contributed by atoms with Gasteiger partial charge in [-0.05, 0) is 65.1 Å². The Morgan fingerprint density at radius 3 is 2.43 bits per heavy atom. The summed E-state index contributed by atoms with van der Waals surface area (Å²) < 4.78 is 34.7. The maximum atomic E-state index is 14.7. The molecule has 0 bridgehead atoms. The number of nitrogens with zero attached hydrogens (tertiary/aromatic N) is 2. The van der Waals surface area contributed by atoms with Gasteiger partial charge in [-0.15, -0.1) is 0 Å². The van der Waals surface area contributed by atoms with Gasteiger partial charge in [-0.25, -0.2) is 8.78 Å². The fraction of sp³-hybridized carbons (Fsp3) is 0. The summed E-state index contributed by atoms with van der Waals surface area (Å²) in [5.74, 6) is -2.07. The number of ether oxygens (including phenoxy) is 1. The first kappa shape index (κ1) is 18.3. The molecule has 3 aromatic carbocycles. The van der Waals surface area contributed by atoms with Gasteiger partial charge in [0.1, 0.15) is 17.4 Å². The molecule has 3 aromatic rings. The number of amides is 1. The van der Waals surface area contributed by atoms with Crippen LogP contribution in [0.3, 0.4) is 0 Å². The monoisotopic (exact) mass is 494 g/mol. The van der Waals surface area contributed by atoms with E-state index < -0.39 is 22.5 Å². The van der Waals surface area contributed by atoms with Gasteiger partial charge in [-0.1, -0.05) is 0 Å². The normalized spacial score (nSPS) is 12.7. The van der Waals surface area contributed by atoms with E-state index >= 15 is 0 Å². The standard InChI is InChI=1S/C19H9F2IN2O4/c20-10-1-6-17-13(7-10)19(25)23(15-4-2-11(22)8-14(15)21)16-5-3-12(24(26)27)9-18(16)28-17/h1-9H. The number of anilines is 2. The van der Waals surface area contributed by atoms with Crippen LogP contribution < -0.4 is 9.64 Å². The number of hydrogen-bond acceptors (Lipinski definition) is 4. The molecule has 4 rings (SSSR count). The second kappa shape index (κ2) is 6.82. The van der Waals surface area contributed by atoms with Crippen LogP contribution in [0.15, 0.2) is 54.6 Å². The number of rotatable bonds is 2. The van der Waals surface area contributed by atoms with Crippen molar-refractivity contribution in [3.63, 3.8) is 0 Å². The zero-order chi connectivity index (χ0) is 20.0. The molecular formula is C19H9F2IN2O4. The third-order valence-electron chi connectivity index (χ3n) is 4.14. The van der Waals surface area contributed by atoms with Crippen LogP contribution in [0, 0.1) is 25.3 Å². The van der Waals surface area contributed by atoms with Crippen molar-refractivity contribution in [3.8, 4) is 11.5 Å². The van der Waals surface area contributed by atoms with Gasteiger partial charge in [-0.2, -0.15) is 0 Å². The van der Waals surface area contributed by atoms with Crippen LogP contribution in [0.1, 0.15) is 10.4 Å². The first-order valence-electron chi connectivity index (χ1n) is 7.90. The van der Waals surface area contributed by atoms with Gasteiger partial charge in [0.25, 0.3) is 11.6 Å². The molecule has 1 aliphatic rings. The first-order chi connectivity index (χ1) is 13.3. The number of halogens is 3.